The molecule has 9 heteroatoms. The summed E-state index contributed by atoms with van der Waals surface area (Å²) in [7, 11) is -3.64. The molecule has 0 saturated carbocycles. The summed E-state index contributed by atoms with van der Waals surface area (Å²) in [5, 5.41) is 20.5. The maximum Gasteiger partial charge on any atom is 0.336 e. The number of aromatic hydroxyl groups is 1. The number of nitroso groups, excluding NO2 is 1. The molecule has 0 amide bonds. The van der Waals surface area contributed by atoms with Crippen molar-refractivity contribution in [3.8, 4) is 5.75 Å². The lowest BCUT2D eigenvalue weighted by molar-refractivity contribution is -0.138. The normalized spacial score (nSPS) is 12.7. The van der Waals surface area contributed by atoms with Crippen molar-refractivity contribution in [3.63, 3.8) is 0 Å². The van der Waals surface area contributed by atoms with Gasteiger partial charge < -0.3 is 10.2 Å². The highest BCUT2D eigenvalue weighted by Gasteiger charge is 2.22. The van der Waals surface area contributed by atoms with Crippen LogP contribution in [0.2, 0.25) is 0 Å². The lowest BCUT2D eigenvalue weighted by Gasteiger charge is -2.10. The number of nitrogens with zero attached hydrogens (tertiary/aromatic N) is 1. The molecule has 98 valence electrons. The minimum atomic E-state index is -3.64. The number of carbonyl (C=O) groups is 1. The number of anilines is 1. The second-order valence-corrected chi connectivity index (χ2v) is 5.25. The molecule has 0 aliphatic heterocycles. The van der Waals surface area contributed by atoms with Crippen molar-refractivity contribution >= 4 is 21.7 Å². The number of rotatable bonds is 5. The Morgan fingerprint density at radius 2 is 2.06 bits per heavy atom. The van der Waals surface area contributed by atoms with Gasteiger partial charge in [-0.15, -0.1) is 4.91 Å². The SMILES string of the molecule is CS(=O)(=O)Nc1cc(C(N=O)C(=O)O)ccc1O. The Morgan fingerprint density at radius 1 is 1.44 bits per heavy atom. The molecule has 0 aliphatic carbocycles. The minimum absolute atomic E-state index is 0.0403. The van der Waals surface area contributed by atoms with Crippen LogP contribution < -0.4 is 4.72 Å². The number of hydrogen-bond donors (Lipinski definition) is 3. The molecule has 0 spiro atoms. The van der Waals surface area contributed by atoms with Crippen molar-refractivity contribution in [2.75, 3.05) is 11.0 Å². The number of phenols is 1. The molecule has 0 radical (unpaired) electrons. The van der Waals surface area contributed by atoms with Gasteiger partial charge in [0.25, 0.3) is 0 Å². The van der Waals surface area contributed by atoms with Crippen LogP contribution in [0.25, 0.3) is 0 Å². The molecule has 0 saturated heterocycles. The van der Waals surface area contributed by atoms with Gasteiger partial charge in [0, 0.05) is 0 Å². The van der Waals surface area contributed by atoms with E-state index in [4.69, 9.17) is 5.11 Å². The Labute approximate surface area is 102 Å². The predicted octanol–water partition coefficient (Wildman–Crippen LogP) is 0.656. The van der Waals surface area contributed by atoms with Crippen LogP contribution in [0, 0.1) is 4.91 Å². The smallest absolute Gasteiger partial charge is 0.336 e. The highest BCUT2D eigenvalue weighted by atomic mass is 32.2. The van der Waals surface area contributed by atoms with E-state index in [2.05, 4.69) is 5.18 Å². The van der Waals surface area contributed by atoms with E-state index in [1.54, 1.807) is 0 Å². The first-order valence-electron chi connectivity index (χ1n) is 4.60. The zero-order valence-corrected chi connectivity index (χ0v) is 10.0. The number of hydrogen-bond acceptors (Lipinski definition) is 6. The van der Waals surface area contributed by atoms with Crippen LogP contribution in [0.15, 0.2) is 23.4 Å². The number of sulfonamides is 1. The lowest BCUT2D eigenvalue weighted by atomic mass is 10.1. The first-order valence-corrected chi connectivity index (χ1v) is 6.49. The minimum Gasteiger partial charge on any atom is -0.506 e. The highest BCUT2D eigenvalue weighted by Crippen LogP contribution is 2.29. The van der Waals surface area contributed by atoms with Crippen LogP contribution in [0.4, 0.5) is 5.69 Å². The third-order valence-corrected chi connectivity index (χ3v) is 2.56. The third kappa shape index (κ3) is 3.42. The van der Waals surface area contributed by atoms with Crippen LogP contribution in [0.5, 0.6) is 5.75 Å². The molecule has 18 heavy (non-hydrogen) atoms. The Kier molecular flexibility index (Phi) is 3.86. The second-order valence-electron chi connectivity index (χ2n) is 3.50. The van der Waals surface area contributed by atoms with Crippen molar-refractivity contribution in [1.29, 1.82) is 0 Å². The molecular weight excluding hydrogens is 264 g/mol. The van der Waals surface area contributed by atoms with Crippen molar-refractivity contribution in [3.05, 3.63) is 28.7 Å². The number of aliphatic carboxylic acids is 1. The van der Waals surface area contributed by atoms with Gasteiger partial charge in [0.15, 0.2) is 0 Å². The summed E-state index contributed by atoms with van der Waals surface area (Å²) < 4.78 is 24.0. The van der Waals surface area contributed by atoms with E-state index in [1.807, 2.05) is 4.72 Å². The van der Waals surface area contributed by atoms with Gasteiger partial charge in [0.2, 0.25) is 16.1 Å². The van der Waals surface area contributed by atoms with Crippen LogP contribution in [0.1, 0.15) is 11.6 Å². The fourth-order valence-electron chi connectivity index (χ4n) is 1.25. The summed E-state index contributed by atoms with van der Waals surface area (Å²) in [6.45, 7) is 0. The van der Waals surface area contributed by atoms with Gasteiger partial charge in [-0.2, -0.15) is 0 Å². The first-order chi connectivity index (χ1) is 8.24. The summed E-state index contributed by atoms with van der Waals surface area (Å²) in [4.78, 5) is 21.1. The first kappa shape index (κ1) is 13.9. The van der Waals surface area contributed by atoms with E-state index in [-0.39, 0.29) is 17.0 Å². The molecule has 1 aromatic carbocycles. The van der Waals surface area contributed by atoms with Crippen LogP contribution in [-0.4, -0.2) is 30.9 Å². The molecule has 0 aliphatic rings. The van der Waals surface area contributed by atoms with Crippen molar-refractivity contribution in [1.82, 2.24) is 0 Å². The summed E-state index contributed by atoms with van der Waals surface area (Å²) in [5.41, 5.74) is -0.258. The molecule has 0 heterocycles. The molecule has 0 bridgehead atoms. The second kappa shape index (κ2) is 5.00. The van der Waals surface area contributed by atoms with E-state index >= 15 is 0 Å². The Hall–Kier alpha value is -2.16. The van der Waals surface area contributed by atoms with Gasteiger partial charge in [-0.1, -0.05) is 6.07 Å². The molecule has 1 unspecified atom stereocenters. The average molecular weight is 274 g/mol. The molecule has 1 rings (SSSR count). The van der Waals surface area contributed by atoms with E-state index in [9.17, 15) is 23.2 Å². The number of carboxylic acid groups (broad SMARTS) is 1. The molecule has 1 atom stereocenters. The average Bonchev–Trinajstić information content (AvgIpc) is 2.21. The summed E-state index contributed by atoms with van der Waals surface area (Å²) >= 11 is 0. The molecule has 3 N–H and O–H groups in total. The number of nitrogens with one attached hydrogen (secondary N) is 1. The zero-order valence-electron chi connectivity index (χ0n) is 9.19. The van der Waals surface area contributed by atoms with Gasteiger partial charge in [-0.25, -0.2) is 13.2 Å². The summed E-state index contributed by atoms with van der Waals surface area (Å²) in [5.74, 6) is -1.86. The van der Waals surface area contributed by atoms with E-state index < -0.39 is 22.0 Å². The highest BCUT2D eigenvalue weighted by molar-refractivity contribution is 7.92. The zero-order chi connectivity index (χ0) is 13.9. The number of benzene rings is 1. The van der Waals surface area contributed by atoms with Crippen molar-refractivity contribution in [2.45, 2.75) is 6.04 Å². The quantitative estimate of drug-likeness (QED) is 0.533. The Morgan fingerprint density at radius 3 is 2.50 bits per heavy atom. The predicted molar refractivity (Wildman–Crippen MR) is 62.7 cm³/mol. The fourth-order valence-corrected chi connectivity index (χ4v) is 1.82. The van der Waals surface area contributed by atoms with Crippen LogP contribution >= 0.6 is 0 Å². The summed E-state index contributed by atoms with van der Waals surface area (Å²) in [6.07, 6.45) is 0.867. The lowest BCUT2D eigenvalue weighted by Crippen LogP contribution is -2.12. The van der Waals surface area contributed by atoms with Gasteiger partial charge in [0.05, 0.1) is 11.9 Å². The fraction of sp³-hybridized carbons (Fsp3) is 0.222. The monoisotopic (exact) mass is 274 g/mol. The van der Waals surface area contributed by atoms with E-state index in [0.29, 0.717) is 0 Å². The van der Waals surface area contributed by atoms with Crippen LogP contribution in [0.3, 0.4) is 0 Å². The number of phenolic OH excluding ortho intramolecular Hbond substituents is 1. The molecule has 8 nitrogen and oxygen atoms in total. The van der Waals surface area contributed by atoms with Gasteiger partial charge >= 0.3 is 5.97 Å². The topological polar surface area (TPSA) is 133 Å². The van der Waals surface area contributed by atoms with E-state index in [1.165, 1.54) is 6.07 Å². The maximum absolute atomic E-state index is 11.0. The maximum atomic E-state index is 11.0. The molecular formula is C9H10N2O6S. The van der Waals surface area contributed by atoms with Gasteiger partial charge in [-0.3, -0.25) is 4.72 Å². The van der Waals surface area contributed by atoms with Gasteiger partial charge in [0.1, 0.15) is 5.75 Å². The molecule has 0 aromatic heterocycles. The number of carboxylic acids is 1. The molecule has 0 fully saturated rings. The third-order valence-electron chi connectivity index (χ3n) is 1.97. The largest absolute Gasteiger partial charge is 0.506 e. The van der Waals surface area contributed by atoms with Crippen molar-refractivity contribution < 1.29 is 23.4 Å². The van der Waals surface area contributed by atoms with Crippen LogP contribution in [-0.2, 0) is 14.8 Å². The Bertz CT molecular complexity index is 583. The van der Waals surface area contributed by atoms with E-state index in [0.717, 1.165) is 18.4 Å². The summed E-state index contributed by atoms with van der Waals surface area (Å²) in [6, 6.07) is 1.62. The van der Waals surface area contributed by atoms with Crippen molar-refractivity contribution in [2.24, 2.45) is 5.18 Å². The van der Waals surface area contributed by atoms with Gasteiger partial charge in [-0.05, 0) is 22.9 Å². The molecule has 1 aromatic rings. The standard InChI is InChI=1S/C9H10N2O6S/c1-18(16,17)11-6-4-5(2-3-7(6)12)8(10-15)9(13)14/h2-4,8,11-12H,1H3,(H,13,14). The Balaban J connectivity index is 3.22.